The van der Waals surface area contributed by atoms with Crippen LogP contribution in [0.2, 0.25) is 0 Å². The molecule has 1 aromatic heterocycles. The number of carboxylic acids is 1. The molecule has 0 bridgehead atoms. The van der Waals surface area contributed by atoms with E-state index in [9.17, 15) is 22.8 Å². The zero-order chi connectivity index (χ0) is 15.6. The number of nitrogens with zero attached hydrogens (tertiary/aromatic N) is 1. The topological polar surface area (TPSA) is 79.3 Å². The fourth-order valence-corrected chi connectivity index (χ4v) is 1.54. The molecule has 2 N–H and O–H groups in total. The van der Waals surface area contributed by atoms with Crippen LogP contribution < -0.4 is 5.32 Å². The average Bonchev–Trinajstić information content (AvgIpc) is 2.43. The van der Waals surface area contributed by atoms with Crippen molar-refractivity contribution in [2.45, 2.75) is 0 Å². The molecule has 0 radical (unpaired) electrons. The second kappa shape index (κ2) is 5.61. The maximum atomic E-state index is 13.5. The van der Waals surface area contributed by atoms with Crippen molar-refractivity contribution in [1.29, 1.82) is 0 Å². The predicted octanol–water partition coefficient (Wildman–Crippen LogP) is 2.45. The van der Waals surface area contributed by atoms with Crippen LogP contribution >= 0.6 is 0 Å². The highest BCUT2D eigenvalue weighted by Gasteiger charge is 2.18. The number of amides is 1. The molecule has 1 amide bonds. The summed E-state index contributed by atoms with van der Waals surface area (Å²) in [6.07, 6.45) is 0.872. The van der Waals surface area contributed by atoms with Crippen LogP contribution in [-0.2, 0) is 0 Å². The van der Waals surface area contributed by atoms with Gasteiger partial charge in [-0.25, -0.2) is 18.6 Å². The molecule has 1 aromatic carbocycles. The molecule has 5 nitrogen and oxygen atoms in total. The second-order valence-corrected chi connectivity index (χ2v) is 3.92. The number of halogens is 3. The number of benzene rings is 1. The summed E-state index contributed by atoms with van der Waals surface area (Å²) in [5.74, 6) is -6.32. The third-order valence-corrected chi connectivity index (χ3v) is 2.55. The monoisotopic (exact) mass is 296 g/mol. The minimum Gasteiger partial charge on any atom is -0.478 e. The maximum absolute atomic E-state index is 13.5. The number of anilines is 1. The van der Waals surface area contributed by atoms with Gasteiger partial charge in [0.15, 0.2) is 5.82 Å². The summed E-state index contributed by atoms with van der Waals surface area (Å²) in [4.78, 5) is 25.5. The van der Waals surface area contributed by atoms with Crippen molar-refractivity contribution in [2.75, 3.05) is 5.32 Å². The normalized spacial score (nSPS) is 10.2. The van der Waals surface area contributed by atoms with Crippen molar-refractivity contribution in [3.8, 4) is 0 Å². The van der Waals surface area contributed by atoms with E-state index in [2.05, 4.69) is 4.98 Å². The van der Waals surface area contributed by atoms with Crippen LogP contribution in [0.4, 0.5) is 18.9 Å². The van der Waals surface area contributed by atoms with Crippen molar-refractivity contribution in [1.82, 2.24) is 4.98 Å². The molecule has 0 saturated carbocycles. The van der Waals surface area contributed by atoms with Gasteiger partial charge < -0.3 is 10.4 Å². The molecule has 0 atom stereocenters. The lowest BCUT2D eigenvalue weighted by Crippen LogP contribution is -2.16. The molecule has 21 heavy (non-hydrogen) atoms. The highest BCUT2D eigenvalue weighted by molar-refractivity contribution is 6.05. The van der Waals surface area contributed by atoms with Gasteiger partial charge >= 0.3 is 5.97 Å². The highest BCUT2D eigenvalue weighted by Crippen LogP contribution is 2.18. The molecule has 0 aliphatic carbocycles. The fraction of sp³-hybridized carbons (Fsp3) is 0. The number of aromatic nitrogens is 1. The van der Waals surface area contributed by atoms with Gasteiger partial charge in [-0.2, -0.15) is 4.39 Å². The van der Waals surface area contributed by atoms with E-state index in [0.717, 1.165) is 30.5 Å². The molecule has 0 unspecified atom stereocenters. The Bertz CT molecular complexity index is 735. The lowest BCUT2D eigenvalue weighted by molar-refractivity contribution is 0.0696. The van der Waals surface area contributed by atoms with Crippen molar-refractivity contribution in [2.24, 2.45) is 0 Å². The summed E-state index contributed by atoms with van der Waals surface area (Å²) >= 11 is 0. The van der Waals surface area contributed by atoms with Gasteiger partial charge in [-0.05, 0) is 24.3 Å². The van der Waals surface area contributed by atoms with Gasteiger partial charge in [0, 0.05) is 6.20 Å². The number of hydrogen-bond acceptors (Lipinski definition) is 3. The van der Waals surface area contributed by atoms with Crippen LogP contribution in [0, 0.1) is 17.6 Å². The van der Waals surface area contributed by atoms with Crippen LogP contribution in [0.25, 0.3) is 0 Å². The third-order valence-electron chi connectivity index (χ3n) is 2.55. The second-order valence-electron chi connectivity index (χ2n) is 3.92. The van der Waals surface area contributed by atoms with Crippen LogP contribution in [0.1, 0.15) is 20.7 Å². The van der Waals surface area contributed by atoms with E-state index in [1.807, 2.05) is 5.32 Å². The van der Waals surface area contributed by atoms with E-state index in [4.69, 9.17) is 5.11 Å². The molecule has 0 fully saturated rings. The zero-order valence-corrected chi connectivity index (χ0v) is 10.2. The molecule has 0 aliphatic rings. The zero-order valence-electron chi connectivity index (χ0n) is 10.2. The minimum absolute atomic E-state index is 0.270. The molecule has 0 spiro atoms. The van der Waals surface area contributed by atoms with Crippen molar-refractivity contribution in [3.63, 3.8) is 0 Å². The standard InChI is InChI=1S/C13H7F3N2O3/c14-8-2-1-6(13(20)21)5-9(8)18-12(19)7-3-4-17-11(16)10(7)15/h1-5H,(H,18,19)(H,20,21). The van der Waals surface area contributed by atoms with E-state index in [1.165, 1.54) is 0 Å². The first kappa shape index (κ1) is 14.5. The van der Waals surface area contributed by atoms with Crippen LogP contribution in [0.3, 0.4) is 0 Å². The Labute approximate surface area is 116 Å². The van der Waals surface area contributed by atoms with E-state index in [1.54, 1.807) is 0 Å². The van der Waals surface area contributed by atoms with Gasteiger partial charge in [0.25, 0.3) is 5.91 Å². The fourth-order valence-electron chi connectivity index (χ4n) is 1.54. The lowest BCUT2D eigenvalue weighted by atomic mass is 10.1. The molecule has 8 heteroatoms. The number of carboxylic acid groups (broad SMARTS) is 1. The quantitative estimate of drug-likeness (QED) is 0.853. The van der Waals surface area contributed by atoms with E-state index < -0.39 is 40.7 Å². The van der Waals surface area contributed by atoms with Crippen molar-refractivity contribution < 1.29 is 27.9 Å². The number of hydrogen-bond donors (Lipinski definition) is 2. The summed E-state index contributed by atoms with van der Waals surface area (Å²) in [6, 6.07) is 3.61. The summed E-state index contributed by atoms with van der Waals surface area (Å²) in [6.45, 7) is 0. The maximum Gasteiger partial charge on any atom is 0.335 e. The SMILES string of the molecule is O=C(O)c1ccc(F)c(NC(=O)c2ccnc(F)c2F)c1. The van der Waals surface area contributed by atoms with Crippen LogP contribution in [0.15, 0.2) is 30.5 Å². The predicted molar refractivity (Wildman–Crippen MR) is 65.5 cm³/mol. The first-order valence-corrected chi connectivity index (χ1v) is 5.54. The summed E-state index contributed by atoms with van der Waals surface area (Å²) in [5.41, 5.74) is -1.41. The van der Waals surface area contributed by atoms with Crippen molar-refractivity contribution in [3.05, 3.63) is 59.2 Å². The Balaban J connectivity index is 2.33. The number of aromatic carboxylic acids is 1. The molecule has 0 aliphatic heterocycles. The molecule has 108 valence electrons. The van der Waals surface area contributed by atoms with E-state index in [0.29, 0.717) is 0 Å². The van der Waals surface area contributed by atoms with Crippen LogP contribution in [0.5, 0.6) is 0 Å². The number of pyridine rings is 1. The third kappa shape index (κ3) is 2.99. The number of carbonyl (C=O) groups excluding carboxylic acids is 1. The Hall–Kier alpha value is -2.90. The summed E-state index contributed by atoms with van der Waals surface area (Å²) in [7, 11) is 0. The van der Waals surface area contributed by atoms with Gasteiger partial charge in [0.2, 0.25) is 5.95 Å². The van der Waals surface area contributed by atoms with Crippen molar-refractivity contribution >= 4 is 17.6 Å². The smallest absolute Gasteiger partial charge is 0.335 e. The molecular formula is C13H7F3N2O3. The largest absolute Gasteiger partial charge is 0.478 e. The van der Waals surface area contributed by atoms with Gasteiger partial charge in [-0.15, -0.1) is 0 Å². The molecule has 1 heterocycles. The number of rotatable bonds is 3. The molecular weight excluding hydrogens is 289 g/mol. The van der Waals surface area contributed by atoms with E-state index >= 15 is 0 Å². The molecule has 0 saturated heterocycles. The summed E-state index contributed by atoms with van der Waals surface area (Å²) in [5, 5.41) is 10.8. The first-order chi connectivity index (χ1) is 9.90. The van der Waals surface area contributed by atoms with Crippen LogP contribution in [-0.4, -0.2) is 22.0 Å². The van der Waals surface area contributed by atoms with Gasteiger partial charge in [-0.3, -0.25) is 4.79 Å². The van der Waals surface area contributed by atoms with Gasteiger partial charge in [-0.1, -0.05) is 0 Å². The molecule has 2 rings (SSSR count). The first-order valence-electron chi connectivity index (χ1n) is 5.54. The Morgan fingerprint density at radius 1 is 1.14 bits per heavy atom. The highest BCUT2D eigenvalue weighted by atomic mass is 19.2. The number of nitrogens with one attached hydrogen (secondary N) is 1. The summed E-state index contributed by atoms with van der Waals surface area (Å²) < 4.78 is 39.8. The number of carbonyl (C=O) groups is 2. The Morgan fingerprint density at radius 3 is 2.52 bits per heavy atom. The Kier molecular flexibility index (Phi) is 3.88. The van der Waals surface area contributed by atoms with Gasteiger partial charge in [0.05, 0.1) is 16.8 Å². The lowest BCUT2D eigenvalue weighted by Gasteiger charge is -2.08. The minimum atomic E-state index is -1.48. The average molecular weight is 296 g/mol. The molecule has 2 aromatic rings. The Morgan fingerprint density at radius 2 is 1.86 bits per heavy atom. The van der Waals surface area contributed by atoms with E-state index in [-0.39, 0.29) is 5.56 Å². The van der Waals surface area contributed by atoms with Gasteiger partial charge in [0.1, 0.15) is 5.82 Å².